The average molecular weight is 144 g/mol. The summed E-state index contributed by atoms with van der Waals surface area (Å²) in [5, 5.41) is 18.1. The Bertz CT molecular complexity index is 151. The topological polar surface area (TPSA) is 71.3 Å². The van der Waals surface area contributed by atoms with Gasteiger partial charge in [-0.05, 0) is 6.42 Å². The molecule has 5 nitrogen and oxygen atoms in total. The molecule has 1 unspecified atom stereocenters. The minimum absolute atomic E-state index is 0.319. The summed E-state index contributed by atoms with van der Waals surface area (Å²) < 4.78 is 0. The largest absolute Gasteiger partial charge is 0.543 e. The van der Waals surface area contributed by atoms with E-state index in [0.29, 0.717) is 6.42 Å². The standard InChI is InChI=1S/C5H10N3O2/c1-2-3-4-5(7-6)8(9)10/h5H,2-4H2,1H3/q+1. The highest BCUT2D eigenvalue weighted by atomic mass is 16.6. The van der Waals surface area contributed by atoms with Crippen molar-refractivity contribution in [1.29, 1.82) is 5.39 Å². The molecule has 0 aliphatic heterocycles. The summed E-state index contributed by atoms with van der Waals surface area (Å²) in [6.07, 6.45) is 0.787. The number of rotatable bonds is 4. The van der Waals surface area contributed by atoms with E-state index in [-0.39, 0.29) is 0 Å². The highest BCUT2D eigenvalue weighted by Gasteiger charge is 2.30. The fraction of sp³-hybridized carbons (Fsp3) is 1.00. The van der Waals surface area contributed by atoms with Crippen LogP contribution in [0.2, 0.25) is 0 Å². The van der Waals surface area contributed by atoms with Crippen LogP contribution in [0.5, 0.6) is 0 Å². The molecule has 0 aliphatic carbocycles. The number of hydrogen-bond donors (Lipinski definition) is 0. The third-order valence-electron chi connectivity index (χ3n) is 1.19. The Kier molecular flexibility index (Phi) is 4.12. The zero-order valence-corrected chi connectivity index (χ0v) is 5.86. The van der Waals surface area contributed by atoms with Crippen LogP contribution in [-0.2, 0) is 0 Å². The fourth-order valence-electron chi connectivity index (χ4n) is 0.592. The van der Waals surface area contributed by atoms with E-state index in [1.807, 2.05) is 6.92 Å². The molecule has 0 bridgehead atoms. The fourth-order valence-corrected chi connectivity index (χ4v) is 0.592. The highest BCUT2D eigenvalue weighted by Crippen LogP contribution is 2.04. The Morgan fingerprint density at radius 1 is 1.80 bits per heavy atom. The normalized spacial score (nSPS) is 12.0. The van der Waals surface area contributed by atoms with Gasteiger partial charge in [-0.3, -0.25) is 10.1 Å². The van der Waals surface area contributed by atoms with E-state index in [4.69, 9.17) is 5.39 Å². The van der Waals surface area contributed by atoms with E-state index in [0.717, 1.165) is 12.8 Å². The molecule has 0 saturated heterocycles. The predicted octanol–water partition coefficient (Wildman–Crippen LogP) is 1.63. The van der Waals surface area contributed by atoms with Crippen molar-refractivity contribution in [3.8, 4) is 0 Å². The maximum atomic E-state index is 9.99. The van der Waals surface area contributed by atoms with Crippen LogP contribution in [-0.4, -0.2) is 11.1 Å². The van der Waals surface area contributed by atoms with Gasteiger partial charge in [0.25, 0.3) is 0 Å². The van der Waals surface area contributed by atoms with Crippen molar-refractivity contribution in [2.75, 3.05) is 0 Å². The second kappa shape index (κ2) is 4.68. The molecule has 10 heavy (non-hydrogen) atoms. The summed E-state index contributed by atoms with van der Waals surface area (Å²) in [6, 6.07) is 0. The molecule has 0 aliphatic rings. The first-order valence-corrected chi connectivity index (χ1v) is 3.20. The van der Waals surface area contributed by atoms with Crippen molar-refractivity contribution in [3.63, 3.8) is 0 Å². The molecule has 0 amide bonds. The summed E-state index contributed by atoms with van der Waals surface area (Å²) in [7, 11) is 0. The van der Waals surface area contributed by atoms with Crippen LogP contribution in [0, 0.1) is 15.5 Å². The van der Waals surface area contributed by atoms with Crippen LogP contribution in [0.4, 0.5) is 0 Å². The minimum atomic E-state index is -1.13. The van der Waals surface area contributed by atoms with Crippen LogP contribution in [0.15, 0.2) is 0 Å². The van der Waals surface area contributed by atoms with Gasteiger partial charge in [0.1, 0.15) is 11.3 Å². The number of nitro groups is 1. The third kappa shape index (κ3) is 2.97. The molecule has 0 rings (SSSR count). The van der Waals surface area contributed by atoms with Gasteiger partial charge in [-0.25, -0.2) is 0 Å². The van der Waals surface area contributed by atoms with Crippen LogP contribution in [0.1, 0.15) is 26.2 Å². The van der Waals surface area contributed by atoms with E-state index in [1.165, 1.54) is 0 Å². The SMILES string of the molecule is CCCCC([N+]#N)[N+](=O)[O-]. The van der Waals surface area contributed by atoms with Crippen LogP contribution >= 0.6 is 0 Å². The monoisotopic (exact) mass is 144 g/mol. The van der Waals surface area contributed by atoms with Gasteiger partial charge in [-0.1, -0.05) is 13.3 Å². The van der Waals surface area contributed by atoms with Crippen LogP contribution < -0.4 is 0 Å². The predicted molar refractivity (Wildman–Crippen MR) is 35.4 cm³/mol. The number of unbranched alkanes of at least 4 members (excludes halogenated alkanes) is 1. The Labute approximate surface area is 58.8 Å². The Hall–Kier alpha value is -1.18. The van der Waals surface area contributed by atoms with E-state index in [1.54, 1.807) is 0 Å². The van der Waals surface area contributed by atoms with Crippen molar-refractivity contribution >= 4 is 0 Å². The third-order valence-corrected chi connectivity index (χ3v) is 1.19. The summed E-state index contributed by atoms with van der Waals surface area (Å²) in [5.41, 5.74) is 0. The summed E-state index contributed by atoms with van der Waals surface area (Å²) in [5.74, 6) is 0. The average Bonchev–Trinajstić information content (AvgIpc) is 1.89. The lowest BCUT2D eigenvalue weighted by Crippen LogP contribution is -2.14. The van der Waals surface area contributed by atoms with E-state index < -0.39 is 11.1 Å². The van der Waals surface area contributed by atoms with Gasteiger partial charge in [0.15, 0.2) is 0 Å². The summed E-state index contributed by atoms with van der Waals surface area (Å²) in [4.78, 5) is 12.0. The molecule has 0 aromatic carbocycles. The van der Waals surface area contributed by atoms with E-state index in [2.05, 4.69) is 4.98 Å². The first kappa shape index (κ1) is 8.82. The zero-order chi connectivity index (χ0) is 7.98. The Morgan fingerprint density at radius 2 is 2.40 bits per heavy atom. The lowest BCUT2D eigenvalue weighted by molar-refractivity contribution is -0.511. The molecule has 0 aromatic rings. The van der Waals surface area contributed by atoms with Crippen molar-refractivity contribution in [2.45, 2.75) is 32.4 Å². The van der Waals surface area contributed by atoms with Gasteiger partial charge in [-0.2, -0.15) is 0 Å². The number of nitrogens with zero attached hydrogens (tertiary/aromatic N) is 3. The molecule has 0 fully saturated rings. The molecule has 1 atom stereocenters. The molecule has 0 N–H and O–H groups in total. The van der Waals surface area contributed by atoms with Crippen molar-refractivity contribution in [3.05, 3.63) is 15.1 Å². The second-order valence-electron chi connectivity index (χ2n) is 2.02. The Morgan fingerprint density at radius 3 is 2.70 bits per heavy atom. The molecule has 0 radical (unpaired) electrons. The molecular formula is C5H10N3O2+. The maximum Gasteiger partial charge on any atom is 0.543 e. The van der Waals surface area contributed by atoms with Crippen molar-refractivity contribution in [1.82, 2.24) is 0 Å². The molecular weight excluding hydrogens is 134 g/mol. The van der Waals surface area contributed by atoms with Gasteiger partial charge >= 0.3 is 6.17 Å². The van der Waals surface area contributed by atoms with Crippen molar-refractivity contribution < 1.29 is 4.92 Å². The van der Waals surface area contributed by atoms with E-state index >= 15 is 0 Å². The Balaban J connectivity index is 3.64. The molecule has 0 spiro atoms. The lowest BCUT2D eigenvalue weighted by atomic mass is 10.2. The smallest absolute Gasteiger partial charge is 0.258 e. The van der Waals surface area contributed by atoms with Crippen LogP contribution in [0.25, 0.3) is 4.98 Å². The highest BCUT2D eigenvalue weighted by molar-refractivity contribution is 4.62. The molecule has 0 heterocycles. The second-order valence-corrected chi connectivity index (χ2v) is 2.02. The van der Waals surface area contributed by atoms with Crippen LogP contribution in [0.3, 0.4) is 0 Å². The van der Waals surface area contributed by atoms with Gasteiger partial charge in [-0.15, -0.1) is 0 Å². The minimum Gasteiger partial charge on any atom is -0.258 e. The molecule has 0 aromatic heterocycles. The number of diazo groups is 1. The maximum absolute atomic E-state index is 9.99. The van der Waals surface area contributed by atoms with Crippen molar-refractivity contribution in [2.24, 2.45) is 0 Å². The first-order valence-electron chi connectivity index (χ1n) is 3.20. The molecule has 5 heteroatoms. The van der Waals surface area contributed by atoms with E-state index in [9.17, 15) is 10.1 Å². The number of hydrogen-bond acceptors (Lipinski definition) is 3. The lowest BCUT2D eigenvalue weighted by Gasteiger charge is -1.88. The van der Waals surface area contributed by atoms with Gasteiger partial charge in [0.2, 0.25) is 10.4 Å². The summed E-state index contributed by atoms with van der Waals surface area (Å²) >= 11 is 0. The van der Waals surface area contributed by atoms with Gasteiger partial charge in [0, 0.05) is 0 Å². The zero-order valence-electron chi connectivity index (χ0n) is 5.86. The van der Waals surface area contributed by atoms with Gasteiger partial charge in [0.05, 0.1) is 0 Å². The molecule has 0 saturated carbocycles. The summed E-state index contributed by atoms with van der Waals surface area (Å²) in [6.45, 7) is 1.92. The molecule has 56 valence electrons. The van der Waals surface area contributed by atoms with Gasteiger partial charge < -0.3 is 0 Å². The first-order chi connectivity index (χ1) is 4.72. The quantitative estimate of drug-likeness (QED) is 0.342.